The molecule has 0 atom stereocenters. The first-order valence-electron chi connectivity index (χ1n) is 4.28. The van der Waals surface area contributed by atoms with E-state index < -0.39 is 0 Å². The van der Waals surface area contributed by atoms with Gasteiger partial charge in [-0.1, -0.05) is 13.3 Å². The zero-order valence-electron chi connectivity index (χ0n) is 6.98. The van der Waals surface area contributed by atoms with Crippen LogP contribution >= 0.6 is 0 Å². The van der Waals surface area contributed by atoms with Gasteiger partial charge < -0.3 is 0 Å². The van der Waals surface area contributed by atoms with E-state index in [9.17, 15) is 0 Å². The summed E-state index contributed by atoms with van der Waals surface area (Å²) in [6.45, 7) is 4.29. The van der Waals surface area contributed by atoms with Crippen LogP contribution in [-0.4, -0.2) is 0 Å². The number of hydrogen-bond donors (Lipinski definition) is 0. The largest absolute Gasteiger partial charge is 0.126 e. The Kier molecular flexibility index (Phi) is 2.77. The predicted molar refractivity (Wildman–Crippen MR) is 44.9 cm³/mol. The summed E-state index contributed by atoms with van der Waals surface area (Å²) in [6, 6.07) is 0. The highest BCUT2D eigenvalue weighted by atomic mass is 14.3. The predicted octanol–water partition coefficient (Wildman–Crippen LogP) is 3.30. The van der Waals surface area contributed by atoms with Crippen molar-refractivity contribution in [3.05, 3.63) is 17.4 Å². The maximum Gasteiger partial charge on any atom is -0.0127 e. The molecule has 10 heavy (non-hydrogen) atoms. The molecule has 0 aromatic rings. The van der Waals surface area contributed by atoms with Gasteiger partial charge in [0, 0.05) is 0 Å². The molecule has 0 aliphatic heterocycles. The van der Waals surface area contributed by atoms with Gasteiger partial charge in [0.25, 0.3) is 0 Å². The summed E-state index contributed by atoms with van der Waals surface area (Å²) in [7, 11) is 0. The lowest BCUT2D eigenvalue weighted by Gasteiger charge is -1.97. The van der Waals surface area contributed by atoms with E-state index in [1.54, 1.807) is 5.57 Å². The Balaban J connectivity index is 2.50. The summed E-state index contributed by atoms with van der Waals surface area (Å²) in [6.07, 6.45) is 7.40. The van der Waals surface area contributed by atoms with Crippen LogP contribution in [0.15, 0.2) is 17.4 Å². The molecule has 0 spiro atoms. The average molecular weight is 136 g/mol. The molecular weight excluding hydrogens is 120 g/mol. The van der Waals surface area contributed by atoms with Crippen LogP contribution in [0.25, 0.3) is 0 Å². The third-order valence-electron chi connectivity index (χ3n) is 1.92. The Morgan fingerprint density at radius 2 is 2.30 bits per heavy atom. The summed E-state index contributed by atoms with van der Waals surface area (Å²) in [5, 5.41) is 0. The van der Waals surface area contributed by atoms with Crippen LogP contribution in [0, 0.1) is 5.92 Å². The van der Waals surface area contributed by atoms with E-state index in [2.05, 4.69) is 19.6 Å². The minimum Gasteiger partial charge on any atom is -0.126 e. The maximum absolute atomic E-state index is 3.34. The van der Waals surface area contributed by atoms with Gasteiger partial charge in [-0.15, -0.1) is 5.73 Å². The van der Waals surface area contributed by atoms with Gasteiger partial charge in [-0.3, -0.25) is 0 Å². The van der Waals surface area contributed by atoms with Crippen molar-refractivity contribution in [3.63, 3.8) is 0 Å². The molecule has 0 amide bonds. The first-order chi connectivity index (χ1) is 4.88. The van der Waals surface area contributed by atoms with Crippen molar-refractivity contribution in [1.82, 2.24) is 0 Å². The Morgan fingerprint density at radius 1 is 1.60 bits per heavy atom. The molecule has 0 nitrogen and oxygen atoms in total. The van der Waals surface area contributed by atoms with Gasteiger partial charge in [0.15, 0.2) is 0 Å². The molecule has 0 unspecified atom stereocenters. The Bertz CT molecular complexity index is 155. The second-order valence-electron chi connectivity index (χ2n) is 2.98. The molecule has 1 rings (SSSR count). The van der Waals surface area contributed by atoms with Gasteiger partial charge in [0.05, 0.1) is 0 Å². The summed E-state index contributed by atoms with van der Waals surface area (Å²) in [4.78, 5) is 0. The fourth-order valence-electron chi connectivity index (χ4n) is 1.28. The van der Waals surface area contributed by atoms with Crippen molar-refractivity contribution in [2.75, 3.05) is 0 Å². The van der Waals surface area contributed by atoms with Crippen LogP contribution < -0.4 is 0 Å². The van der Waals surface area contributed by atoms with Crippen molar-refractivity contribution in [2.45, 2.75) is 39.5 Å². The molecule has 0 heteroatoms. The third kappa shape index (κ3) is 2.04. The molecule has 56 valence electrons. The smallest absolute Gasteiger partial charge is 0.0127 e. The van der Waals surface area contributed by atoms with Crippen molar-refractivity contribution in [3.8, 4) is 0 Å². The quantitative estimate of drug-likeness (QED) is 0.522. The van der Waals surface area contributed by atoms with E-state index in [1.807, 2.05) is 6.08 Å². The van der Waals surface area contributed by atoms with Crippen LogP contribution in [0.4, 0.5) is 0 Å². The van der Waals surface area contributed by atoms with Crippen LogP contribution in [-0.2, 0) is 0 Å². The lowest BCUT2D eigenvalue weighted by Crippen LogP contribution is -1.81. The second-order valence-corrected chi connectivity index (χ2v) is 2.98. The standard InChI is InChI=1S/C10H16/c1-3-5-9(6-4-2)10-7-8-10/h3,10H,4,6-8H2,1-2H3. The van der Waals surface area contributed by atoms with Gasteiger partial charge in [0.1, 0.15) is 0 Å². The molecule has 1 aliphatic carbocycles. The molecule has 1 aliphatic rings. The number of allylic oxidation sites excluding steroid dienone is 1. The first-order valence-corrected chi connectivity index (χ1v) is 4.28. The zero-order valence-corrected chi connectivity index (χ0v) is 6.98. The molecule has 0 heterocycles. The molecule has 1 saturated carbocycles. The topological polar surface area (TPSA) is 0 Å². The van der Waals surface area contributed by atoms with E-state index in [0.29, 0.717) is 0 Å². The van der Waals surface area contributed by atoms with Crippen molar-refractivity contribution in [2.24, 2.45) is 5.92 Å². The maximum atomic E-state index is 3.34. The lowest BCUT2D eigenvalue weighted by molar-refractivity contribution is 0.825. The van der Waals surface area contributed by atoms with Crippen LogP contribution in [0.3, 0.4) is 0 Å². The molecule has 0 saturated heterocycles. The minimum absolute atomic E-state index is 0.913. The Morgan fingerprint density at radius 3 is 2.70 bits per heavy atom. The van der Waals surface area contributed by atoms with Gasteiger partial charge >= 0.3 is 0 Å². The number of hydrogen-bond acceptors (Lipinski definition) is 0. The lowest BCUT2D eigenvalue weighted by atomic mass is 10.1. The number of rotatable bonds is 3. The molecule has 0 radical (unpaired) electrons. The normalized spacial score (nSPS) is 16.2. The minimum atomic E-state index is 0.913. The Hall–Kier alpha value is -0.480. The molecule has 0 bridgehead atoms. The van der Waals surface area contributed by atoms with E-state index >= 15 is 0 Å². The van der Waals surface area contributed by atoms with E-state index in [4.69, 9.17) is 0 Å². The third-order valence-corrected chi connectivity index (χ3v) is 1.92. The van der Waals surface area contributed by atoms with Gasteiger partial charge in [-0.05, 0) is 43.8 Å². The summed E-state index contributed by atoms with van der Waals surface area (Å²) in [5.41, 5.74) is 4.90. The molecule has 0 N–H and O–H groups in total. The van der Waals surface area contributed by atoms with E-state index in [-0.39, 0.29) is 0 Å². The summed E-state index contributed by atoms with van der Waals surface area (Å²) < 4.78 is 0. The van der Waals surface area contributed by atoms with Gasteiger partial charge in [-0.2, -0.15) is 0 Å². The SMILES string of the molecule is CC=C=C(CCC)C1CC1. The van der Waals surface area contributed by atoms with E-state index in [0.717, 1.165) is 5.92 Å². The molecular formula is C10H16. The van der Waals surface area contributed by atoms with Crippen molar-refractivity contribution in [1.29, 1.82) is 0 Å². The van der Waals surface area contributed by atoms with Crippen molar-refractivity contribution < 1.29 is 0 Å². The second kappa shape index (κ2) is 3.63. The highest BCUT2D eigenvalue weighted by Crippen LogP contribution is 2.37. The summed E-state index contributed by atoms with van der Waals surface area (Å²) >= 11 is 0. The van der Waals surface area contributed by atoms with Crippen molar-refractivity contribution >= 4 is 0 Å². The first kappa shape index (κ1) is 7.63. The fraction of sp³-hybridized carbons (Fsp3) is 0.700. The summed E-state index contributed by atoms with van der Waals surface area (Å²) in [5.74, 6) is 0.913. The van der Waals surface area contributed by atoms with Gasteiger partial charge in [-0.25, -0.2) is 0 Å². The molecule has 0 aromatic carbocycles. The van der Waals surface area contributed by atoms with E-state index in [1.165, 1.54) is 25.7 Å². The Labute approximate surface area is 63.6 Å². The molecule has 0 aromatic heterocycles. The highest BCUT2D eigenvalue weighted by Gasteiger charge is 2.24. The molecule has 1 fully saturated rings. The average Bonchev–Trinajstić information content (AvgIpc) is 2.69. The van der Waals surface area contributed by atoms with Crippen LogP contribution in [0.5, 0.6) is 0 Å². The fourth-order valence-corrected chi connectivity index (χ4v) is 1.28. The zero-order chi connectivity index (χ0) is 7.40. The van der Waals surface area contributed by atoms with Gasteiger partial charge in [0.2, 0.25) is 0 Å². The van der Waals surface area contributed by atoms with Crippen LogP contribution in [0.2, 0.25) is 0 Å². The highest BCUT2D eigenvalue weighted by molar-refractivity contribution is 5.11. The monoisotopic (exact) mass is 136 g/mol. The van der Waals surface area contributed by atoms with Crippen LogP contribution in [0.1, 0.15) is 39.5 Å².